The van der Waals surface area contributed by atoms with Crippen LogP contribution in [-0.4, -0.2) is 5.91 Å². The number of nitriles is 1. The van der Waals surface area contributed by atoms with E-state index in [-0.39, 0.29) is 11.7 Å². The summed E-state index contributed by atoms with van der Waals surface area (Å²) in [5, 5.41) is 11.9. The molecular formula is C19H17FN2O. The Kier molecular flexibility index (Phi) is 4.12. The van der Waals surface area contributed by atoms with Gasteiger partial charge in [-0.25, -0.2) is 4.39 Å². The van der Waals surface area contributed by atoms with E-state index >= 15 is 0 Å². The van der Waals surface area contributed by atoms with Gasteiger partial charge in [0, 0.05) is 5.69 Å². The molecule has 0 saturated heterocycles. The number of amides is 1. The summed E-state index contributed by atoms with van der Waals surface area (Å²) < 4.78 is 13.2. The van der Waals surface area contributed by atoms with Gasteiger partial charge in [-0.2, -0.15) is 5.26 Å². The van der Waals surface area contributed by atoms with E-state index in [1.54, 1.807) is 36.4 Å². The third-order valence-corrected chi connectivity index (χ3v) is 4.54. The molecule has 1 aliphatic carbocycles. The first-order valence-electron chi connectivity index (χ1n) is 7.72. The molecule has 0 unspecified atom stereocenters. The molecule has 0 spiro atoms. The first-order chi connectivity index (χ1) is 11.1. The minimum atomic E-state index is -0.615. The van der Waals surface area contributed by atoms with Crippen molar-refractivity contribution in [2.24, 2.45) is 0 Å². The summed E-state index contributed by atoms with van der Waals surface area (Å²) in [4.78, 5) is 12.9. The van der Waals surface area contributed by atoms with E-state index in [4.69, 9.17) is 5.26 Å². The summed E-state index contributed by atoms with van der Waals surface area (Å²) in [7, 11) is 0. The maximum atomic E-state index is 13.2. The summed E-state index contributed by atoms with van der Waals surface area (Å²) in [5.74, 6) is -0.388. The Labute approximate surface area is 134 Å². The predicted octanol–water partition coefficient (Wildman–Crippen LogP) is 4.15. The van der Waals surface area contributed by atoms with Crippen molar-refractivity contribution < 1.29 is 9.18 Å². The van der Waals surface area contributed by atoms with E-state index in [2.05, 4.69) is 11.4 Å². The van der Waals surface area contributed by atoms with Gasteiger partial charge in [0.2, 0.25) is 5.91 Å². The lowest BCUT2D eigenvalue weighted by Crippen LogP contribution is -2.38. The molecule has 3 nitrogen and oxygen atoms in total. The van der Waals surface area contributed by atoms with Crippen LogP contribution in [0.1, 0.15) is 36.8 Å². The zero-order chi connectivity index (χ0) is 16.3. The first kappa shape index (κ1) is 15.2. The third kappa shape index (κ3) is 2.95. The van der Waals surface area contributed by atoms with Gasteiger partial charge in [0.05, 0.1) is 17.0 Å². The molecule has 0 bridgehead atoms. The molecule has 1 fully saturated rings. The summed E-state index contributed by atoms with van der Waals surface area (Å²) in [5.41, 5.74) is 1.36. The standard InChI is InChI=1S/C19H17FN2O/c20-16-8-6-15(7-9-16)19(10-1-2-11-19)18(23)22-17-5-3-4-14(12-17)13-21/h3-9,12H,1-2,10-11H2,(H,22,23). The molecular weight excluding hydrogens is 291 g/mol. The number of halogens is 1. The van der Waals surface area contributed by atoms with Gasteiger partial charge in [0.15, 0.2) is 0 Å². The summed E-state index contributed by atoms with van der Waals surface area (Å²) in [6.07, 6.45) is 3.46. The maximum Gasteiger partial charge on any atom is 0.235 e. The summed E-state index contributed by atoms with van der Waals surface area (Å²) >= 11 is 0. The number of hydrogen-bond acceptors (Lipinski definition) is 2. The quantitative estimate of drug-likeness (QED) is 0.926. The Hall–Kier alpha value is -2.67. The first-order valence-corrected chi connectivity index (χ1v) is 7.72. The van der Waals surface area contributed by atoms with E-state index in [9.17, 15) is 9.18 Å². The van der Waals surface area contributed by atoms with E-state index in [1.807, 2.05) is 0 Å². The van der Waals surface area contributed by atoms with Crippen molar-refractivity contribution in [3.63, 3.8) is 0 Å². The van der Waals surface area contributed by atoms with Crippen LogP contribution in [0.25, 0.3) is 0 Å². The molecule has 0 atom stereocenters. The molecule has 0 aromatic heterocycles. The summed E-state index contributed by atoms with van der Waals surface area (Å²) in [6.45, 7) is 0. The highest BCUT2D eigenvalue weighted by atomic mass is 19.1. The van der Waals surface area contributed by atoms with Crippen molar-refractivity contribution in [3.8, 4) is 6.07 Å². The number of benzene rings is 2. The fourth-order valence-corrected chi connectivity index (χ4v) is 3.31. The highest BCUT2D eigenvalue weighted by molar-refractivity contribution is 5.99. The van der Waals surface area contributed by atoms with Crippen LogP contribution in [0.5, 0.6) is 0 Å². The minimum absolute atomic E-state index is 0.0864. The number of rotatable bonds is 3. The van der Waals surface area contributed by atoms with Crippen LogP contribution in [0.15, 0.2) is 48.5 Å². The second-order valence-corrected chi connectivity index (χ2v) is 5.94. The fraction of sp³-hybridized carbons (Fsp3) is 0.263. The molecule has 2 aromatic carbocycles. The lowest BCUT2D eigenvalue weighted by atomic mass is 9.78. The van der Waals surface area contributed by atoms with E-state index in [1.165, 1.54) is 12.1 Å². The number of hydrogen-bond donors (Lipinski definition) is 1. The Bertz CT molecular complexity index is 756. The largest absolute Gasteiger partial charge is 0.325 e. The van der Waals surface area contributed by atoms with Crippen molar-refractivity contribution in [2.45, 2.75) is 31.1 Å². The average Bonchev–Trinajstić information content (AvgIpc) is 3.06. The van der Waals surface area contributed by atoms with Crippen LogP contribution in [0.3, 0.4) is 0 Å². The number of anilines is 1. The number of nitrogens with one attached hydrogen (secondary N) is 1. The summed E-state index contributed by atoms with van der Waals surface area (Å²) in [6, 6.07) is 15.1. The smallest absolute Gasteiger partial charge is 0.235 e. The second kappa shape index (κ2) is 6.21. The van der Waals surface area contributed by atoms with Crippen molar-refractivity contribution in [1.29, 1.82) is 5.26 Å². The third-order valence-electron chi connectivity index (χ3n) is 4.54. The lowest BCUT2D eigenvalue weighted by Gasteiger charge is -2.28. The van der Waals surface area contributed by atoms with Crippen molar-refractivity contribution in [1.82, 2.24) is 0 Å². The lowest BCUT2D eigenvalue weighted by molar-refractivity contribution is -0.121. The fourth-order valence-electron chi connectivity index (χ4n) is 3.31. The molecule has 0 heterocycles. The van der Waals surface area contributed by atoms with Crippen molar-refractivity contribution in [2.75, 3.05) is 5.32 Å². The molecule has 116 valence electrons. The van der Waals surface area contributed by atoms with Crippen LogP contribution in [0.4, 0.5) is 10.1 Å². The van der Waals surface area contributed by atoms with Gasteiger partial charge in [-0.05, 0) is 48.7 Å². The van der Waals surface area contributed by atoms with Gasteiger partial charge in [-0.15, -0.1) is 0 Å². The van der Waals surface area contributed by atoms with Crippen molar-refractivity contribution in [3.05, 3.63) is 65.5 Å². The van der Waals surface area contributed by atoms with Gasteiger partial charge < -0.3 is 5.32 Å². The normalized spacial score (nSPS) is 15.8. The van der Waals surface area contributed by atoms with Crippen LogP contribution in [0.2, 0.25) is 0 Å². The van der Waals surface area contributed by atoms with Crippen LogP contribution in [0, 0.1) is 17.1 Å². The molecule has 3 rings (SSSR count). The molecule has 0 aliphatic heterocycles. The maximum absolute atomic E-state index is 13.2. The minimum Gasteiger partial charge on any atom is -0.325 e. The predicted molar refractivity (Wildman–Crippen MR) is 86.3 cm³/mol. The van der Waals surface area contributed by atoms with E-state index in [0.717, 1.165) is 31.2 Å². The van der Waals surface area contributed by atoms with Crippen LogP contribution < -0.4 is 5.32 Å². The molecule has 4 heteroatoms. The monoisotopic (exact) mass is 308 g/mol. The molecule has 2 aromatic rings. The second-order valence-electron chi connectivity index (χ2n) is 5.94. The Morgan fingerprint density at radius 1 is 1.13 bits per heavy atom. The SMILES string of the molecule is N#Cc1cccc(NC(=O)C2(c3ccc(F)cc3)CCCC2)c1. The number of carbonyl (C=O) groups is 1. The average molecular weight is 308 g/mol. The molecule has 1 N–H and O–H groups in total. The van der Waals surface area contributed by atoms with E-state index < -0.39 is 5.41 Å². The Balaban J connectivity index is 1.90. The van der Waals surface area contributed by atoms with Gasteiger partial charge in [-0.1, -0.05) is 31.0 Å². The zero-order valence-corrected chi connectivity index (χ0v) is 12.7. The molecule has 23 heavy (non-hydrogen) atoms. The molecule has 1 aliphatic rings. The van der Waals surface area contributed by atoms with Gasteiger partial charge in [0.25, 0.3) is 0 Å². The highest BCUT2D eigenvalue weighted by Gasteiger charge is 2.42. The topological polar surface area (TPSA) is 52.9 Å². The zero-order valence-electron chi connectivity index (χ0n) is 12.7. The van der Waals surface area contributed by atoms with E-state index in [0.29, 0.717) is 11.3 Å². The highest BCUT2D eigenvalue weighted by Crippen LogP contribution is 2.42. The van der Waals surface area contributed by atoms with Gasteiger partial charge in [0.1, 0.15) is 5.82 Å². The Morgan fingerprint density at radius 2 is 1.83 bits per heavy atom. The van der Waals surface area contributed by atoms with Crippen LogP contribution >= 0.6 is 0 Å². The Morgan fingerprint density at radius 3 is 2.48 bits per heavy atom. The molecule has 1 saturated carbocycles. The van der Waals surface area contributed by atoms with Crippen LogP contribution in [-0.2, 0) is 10.2 Å². The number of carbonyl (C=O) groups excluding carboxylic acids is 1. The van der Waals surface area contributed by atoms with Gasteiger partial charge in [-0.3, -0.25) is 4.79 Å². The molecule has 1 amide bonds. The molecule has 0 radical (unpaired) electrons. The number of nitrogens with zero attached hydrogens (tertiary/aromatic N) is 1. The van der Waals surface area contributed by atoms with Gasteiger partial charge >= 0.3 is 0 Å². The van der Waals surface area contributed by atoms with Crippen molar-refractivity contribution >= 4 is 11.6 Å².